The molecule has 0 unspecified atom stereocenters. The Labute approximate surface area is 153 Å². The number of ketones is 1. The monoisotopic (exact) mass is 348 g/mol. The summed E-state index contributed by atoms with van der Waals surface area (Å²) in [6, 6.07) is 22.0. The summed E-state index contributed by atoms with van der Waals surface area (Å²) in [6.07, 6.45) is 0. The van der Waals surface area contributed by atoms with Gasteiger partial charge in [0.25, 0.3) is 0 Å². The molecular weight excluding hydrogens is 328 g/mol. The summed E-state index contributed by atoms with van der Waals surface area (Å²) in [5.74, 6) is 1.73. The lowest BCUT2D eigenvalue weighted by Crippen LogP contribution is -2.06. The zero-order chi connectivity index (χ0) is 18.4. The number of carbonyl (C=O) groups excluding carboxylic acids is 1. The van der Waals surface area contributed by atoms with Crippen LogP contribution < -0.4 is 14.2 Å². The van der Waals surface area contributed by atoms with Crippen molar-refractivity contribution in [1.82, 2.24) is 0 Å². The second-order valence-electron chi connectivity index (χ2n) is 5.69. The van der Waals surface area contributed by atoms with Gasteiger partial charge in [-0.1, -0.05) is 30.3 Å². The average Bonchev–Trinajstić information content (AvgIpc) is 2.72. The summed E-state index contributed by atoms with van der Waals surface area (Å²) in [7, 11) is 3.18. The van der Waals surface area contributed by atoms with Crippen LogP contribution in [0.3, 0.4) is 0 Å². The van der Waals surface area contributed by atoms with Crippen molar-refractivity contribution in [2.45, 2.75) is 6.61 Å². The molecule has 0 aliphatic carbocycles. The predicted molar refractivity (Wildman–Crippen MR) is 100 cm³/mol. The van der Waals surface area contributed by atoms with Crippen LogP contribution in [0.5, 0.6) is 17.2 Å². The first-order chi connectivity index (χ1) is 12.7. The Balaban J connectivity index is 1.88. The highest BCUT2D eigenvalue weighted by molar-refractivity contribution is 6.10. The number of hydrogen-bond acceptors (Lipinski definition) is 4. The molecule has 3 aromatic carbocycles. The number of rotatable bonds is 7. The van der Waals surface area contributed by atoms with Gasteiger partial charge in [-0.05, 0) is 42.0 Å². The summed E-state index contributed by atoms with van der Waals surface area (Å²) in [6.45, 7) is 0.372. The highest BCUT2D eigenvalue weighted by Gasteiger charge is 2.16. The molecule has 0 aliphatic heterocycles. The highest BCUT2D eigenvalue weighted by atomic mass is 16.5. The minimum absolute atomic E-state index is 0.113. The van der Waals surface area contributed by atoms with Crippen LogP contribution in [0.4, 0.5) is 0 Å². The Hall–Kier alpha value is -3.27. The first kappa shape index (κ1) is 17.5. The van der Waals surface area contributed by atoms with Crippen LogP contribution in [-0.2, 0) is 6.61 Å². The maximum atomic E-state index is 12.9. The quantitative estimate of drug-likeness (QED) is 0.589. The number of ether oxygens (including phenoxy) is 3. The van der Waals surface area contributed by atoms with E-state index >= 15 is 0 Å². The molecule has 0 N–H and O–H groups in total. The normalized spacial score (nSPS) is 10.2. The fourth-order valence-electron chi connectivity index (χ4n) is 2.57. The van der Waals surface area contributed by atoms with Gasteiger partial charge in [-0.15, -0.1) is 0 Å². The van der Waals surface area contributed by atoms with Crippen LogP contribution in [0.25, 0.3) is 0 Å². The molecule has 0 amide bonds. The van der Waals surface area contributed by atoms with Crippen LogP contribution in [0.1, 0.15) is 21.5 Å². The van der Waals surface area contributed by atoms with Crippen molar-refractivity contribution >= 4 is 5.78 Å². The number of methoxy groups -OCH3 is 2. The summed E-state index contributed by atoms with van der Waals surface area (Å²) in [4.78, 5) is 12.9. The molecule has 26 heavy (non-hydrogen) atoms. The van der Waals surface area contributed by atoms with Crippen LogP contribution in [0.15, 0.2) is 72.8 Å². The molecule has 0 spiro atoms. The maximum absolute atomic E-state index is 12.9. The maximum Gasteiger partial charge on any atom is 0.196 e. The lowest BCUT2D eigenvalue weighted by Gasteiger charge is -2.13. The standard InChI is InChI=1S/C22H20O4/c1-24-18-10-8-17(9-11-18)22(23)20-13-12-19(25-2)14-21(20)26-15-16-6-4-3-5-7-16/h3-14H,15H2,1-2H3. The predicted octanol–water partition coefficient (Wildman–Crippen LogP) is 4.51. The Morgan fingerprint density at radius 2 is 1.46 bits per heavy atom. The Bertz CT molecular complexity index is 870. The minimum atomic E-state index is -0.113. The molecule has 0 fully saturated rings. The van der Waals surface area contributed by atoms with E-state index < -0.39 is 0 Å². The van der Waals surface area contributed by atoms with Crippen molar-refractivity contribution in [3.8, 4) is 17.2 Å². The summed E-state index contributed by atoms with van der Waals surface area (Å²) in [5.41, 5.74) is 2.09. The number of carbonyl (C=O) groups is 1. The van der Waals surface area contributed by atoms with Gasteiger partial charge >= 0.3 is 0 Å². The number of benzene rings is 3. The van der Waals surface area contributed by atoms with Gasteiger partial charge in [-0.25, -0.2) is 0 Å². The van der Waals surface area contributed by atoms with Crippen molar-refractivity contribution in [2.75, 3.05) is 14.2 Å². The molecule has 0 saturated carbocycles. The molecule has 3 rings (SSSR count). The van der Waals surface area contributed by atoms with Gasteiger partial charge in [0.05, 0.1) is 19.8 Å². The van der Waals surface area contributed by atoms with E-state index in [4.69, 9.17) is 14.2 Å². The first-order valence-electron chi connectivity index (χ1n) is 8.25. The zero-order valence-corrected chi connectivity index (χ0v) is 14.8. The molecule has 4 heteroatoms. The molecule has 0 saturated heterocycles. The van der Waals surface area contributed by atoms with E-state index in [1.54, 1.807) is 56.7 Å². The molecule has 0 radical (unpaired) electrons. The fraction of sp³-hybridized carbons (Fsp3) is 0.136. The third-order valence-electron chi connectivity index (χ3n) is 4.02. The van der Waals surface area contributed by atoms with Gasteiger partial charge in [-0.3, -0.25) is 4.79 Å². The van der Waals surface area contributed by atoms with Crippen molar-refractivity contribution in [2.24, 2.45) is 0 Å². The smallest absolute Gasteiger partial charge is 0.196 e. The first-order valence-corrected chi connectivity index (χ1v) is 8.25. The third kappa shape index (κ3) is 4.03. The molecule has 3 aromatic rings. The topological polar surface area (TPSA) is 44.8 Å². The molecule has 4 nitrogen and oxygen atoms in total. The molecule has 0 bridgehead atoms. The van der Waals surface area contributed by atoms with Crippen molar-refractivity contribution in [3.05, 3.63) is 89.5 Å². The average molecular weight is 348 g/mol. The minimum Gasteiger partial charge on any atom is -0.497 e. The van der Waals surface area contributed by atoms with Crippen molar-refractivity contribution < 1.29 is 19.0 Å². The van der Waals surface area contributed by atoms with Gasteiger partial charge in [0.2, 0.25) is 0 Å². The van der Waals surface area contributed by atoms with E-state index in [0.717, 1.165) is 5.56 Å². The molecule has 0 aromatic heterocycles. The molecule has 132 valence electrons. The molecule has 0 atom stereocenters. The lowest BCUT2D eigenvalue weighted by atomic mass is 10.0. The van der Waals surface area contributed by atoms with Crippen LogP contribution in [-0.4, -0.2) is 20.0 Å². The highest BCUT2D eigenvalue weighted by Crippen LogP contribution is 2.28. The van der Waals surface area contributed by atoms with E-state index in [2.05, 4.69) is 0 Å². The largest absolute Gasteiger partial charge is 0.497 e. The van der Waals surface area contributed by atoms with E-state index in [1.165, 1.54) is 0 Å². The zero-order valence-electron chi connectivity index (χ0n) is 14.8. The van der Waals surface area contributed by atoms with Gasteiger partial charge in [0, 0.05) is 11.6 Å². The Kier molecular flexibility index (Phi) is 5.54. The van der Waals surface area contributed by atoms with Gasteiger partial charge in [0.15, 0.2) is 5.78 Å². The van der Waals surface area contributed by atoms with E-state index in [1.807, 2.05) is 30.3 Å². The van der Waals surface area contributed by atoms with Crippen molar-refractivity contribution in [1.29, 1.82) is 0 Å². The van der Waals surface area contributed by atoms with Crippen molar-refractivity contribution in [3.63, 3.8) is 0 Å². The van der Waals surface area contributed by atoms with Crippen LogP contribution in [0.2, 0.25) is 0 Å². The van der Waals surface area contributed by atoms with E-state index in [-0.39, 0.29) is 5.78 Å². The van der Waals surface area contributed by atoms with E-state index in [0.29, 0.717) is 35.0 Å². The third-order valence-corrected chi connectivity index (χ3v) is 4.02. The SMILES string of the molecule is COc1ccc(C(=O)c2ccc(OC)cc2OCc2ccccc2)cc1. The second-order valence-corrected chi connectivity index (χ2v) is 5.69. The fourth-order valence-corrected chi connectivity index (χ4v) is 2.57. The lowest BCUT2D eigenvalue weighted by molar-refractivity contribution is 0.103. The van der Waals surface area contributed by atoms with Gasteiger partial charge < -0.3 is 14.2 Å². The molecule has 0 heterocycles. The molecule has 0 aliphatic rings. The molecular formula is C22H20O4. The summed E-state index contributed by atoms with van der Waals surface area (Å²) < 4.78 is 16.3. The summed E-state index contributed by atoms with van der Waals surface area (Å²) in [5, 5.41) is 0. The second kappa shape index (κ2) is 8.21. The van der Waals surface area contributed by atoms with E-state index in [9.17, 15) is 4.79 Å². The number of hydrogen-bond donors (Lipinski definition) is 0. The summed E-state index contributed by atoms with van der Waals surface area (Å²) >= 11 is 0. The van der Waals surface area contributed by atoms with Crippen LogP contribution >= 0.6 is 0 Å². The Morgan fingerprint density at radius 1 is 0.808 bits per heavy atom. The van der Waals surface area contributed by atoms with Gasteiger partial charge in [0.1, 0.15) is 23.9 Å². The Morgan fingerprint density at radius 3 is 2.12 bits per heavy atom. The van der Waals surface area contributed by atoms with Crippen LogP contribution in [0, 0.1) is 0 Å². The van der Waals surface area contributed by atoms with Gasteiger partial charge in [-0.2, -0.15) is 0 Å².